The first kappa shape index (κ1) is 7.09. The summed E-state index contributed by atoms with van der Waals surface area (Å²) in [6, 6.07) is 7.10. The fourth-order valence-electron chi connectivity index (χ4n) is 0.937. The molecule has 3 nitrogen and oxygen atoms in total. The van der Waals surface area contributed by atoms with Gasteiger partial charge in [-0.15, -0.1) is 0 Å². The number of hydrogen-bond donors (Lipinski definition) is 0. The minimum absolute atomic E-state index is 0.476. The third-order valence-electron chi connectivity index (χ3n) is 1.46. The van der Waals surface area contributed by atoms with E-state index in [9.17, 15) is 0 Å². The monoisotopic (exact) mass is 156 g/mol. The molecule has 2 aromatic heterocycles. The predicted molar refractivity (Wildman–Crippen MR) is 45.1 cm³/mol. The van der Waals surface area contributed by atoms with Crippen LogP contribution in [0.4, 0.5) is 0 Å². The molecule has 2 aromatic rings. The van der Waals surface area contributed by atoms with Crippen LogP contribution in [-0.2, 0) is 0 Å². The van der Waals surface area contributed by atoms with Gasteiger partial charge < -0.3 is 4.52 Å². The summed E-state index contributed by atoms with van der Waals surface area (Å²) in [5.74, 6) is 0.627. The lowest BCUT2D eigenvalue weighted by atomic mass is 10.0. The zero-order valence-electron chi connectivity index (χ0n) is 6.27. The molecule has 0 N–H and O–H groups in total. The molecule has 2 radical (unpaired) electrons. The van der Waals surface area contributed by atoms with E-state index >= 15 is 0 Å². The van der Waals surface area contributed by atoms with Crippen molar-refractivity contribution >= 4 is 13.4 Å². The average molecular weight is 156 g/mol. The van der Waals surface area contributed by atoms with E-state index in [2.05, 4.69) is 10.1 Å². The van der Waals surface area contributed by atoms with Crippen molar-refractivity contribution in [3.05, 3.63) is 30.5 Å². The Labute approximate surface area is 70.8 Å². The predicted octanol–water partition coefficient (Wildman–Crippen LogP) is 0.530. The topological polar surface area (TPSA) is 38.9 Å². The summed E-state index contributed by atoms with van der Waals surface area (Å²) < 4.78 is 4.91. The number of rotatable bonds is 1. The Hall–Kier alpha value is -1.58. The van der Waals surface area contributed by atoms with Crippen LogP contribution in [0.3, 0.4) is 0 Å². The number of nitrogens with zero attached hydrogens (tertiary/aromatic N) is 2. The van der Waals surface area contributed by atoms with Crippen molar-refractivity contribution in [3.8, 4) is 11.5 Å². The highest BCUT2D eigenvalue weighted by Gasteiger charge is 2.01. The standard InChI is InChI=1S/C8H5BN2O/c9-8-3-1-2-6(11-8)7-4-5-10-12-7/h1-5H. The van der Waals surface area contributed by atoms with E-state index in [1.165, 1.54) is 0 Å². The van der Waals surface area contributed by atoms with E-state index in [1.54, 1.807) is 18.3 Å². The van der Waals surface area contributed by atoms with E-state index in [-0.39, 0.29) is 0 Å². The van der Waals surface area contributed by atoms with Gasteiger partial charge in [0.25, 0.3) is 0 Å². The summed E-state index contributed by atoms with van der Waals surface area (Å²) in [6.07, 6.45) is 1.57. The van der Waals surface area contributed by atoms with Crippen LogP contribution in [0.25, 0.3) is 11.5 Å². The van der Waals surface area contributed by atoms with E-state index < -0.39 is 0 Å². The Morgan fingerprint density at radius 2 is 2.17 bits per heavy atom. The third-order valence-corrected chi connectivity index (χ3v) is 1.46. The van der Waals surface area contributed by atoms with Crippen LogP contribution in [0.5, 0.6) is 0 Å². The summed E-state index contributed by atoms with van der Waals surface area (Å²) in [6.45, 7) is 0. The molecule has 0 saturated heterocycles. The molecule has 2 rings (SSSR count). The Morgan fingerprint density at radius 1 is 1.25 bits per heavy atom. The average Bonchev–Trinajstić information content (AvgIpc) is 2.56. The maximum atomic E-state index is 5.49. The largest absolute Gasteiger partial charge is 0.355 e. The first-order chi connectivity index (χ1) is 5.86. The minimum atomic E-state index is 0.476. The van der Waals surface area contributed by atoms with Crippen molar-refractivity contribution in [3.63, 3.8) is 0 Å². The summed E-state index contributed by atoms with van der Waals surface area (Å²) in [4.78, 5) is 4.06. The van der Waals surface area contributed by atoms with Crippen molar-refractivity contribution in [2.24, 2.45) is 0 Å². The highest BCUT2D eigenvalue weighted by atomic mass is 16.5. The summed E-state index contributed by atoms with van der Waals surface area (Å²) in [5, 5.41) is 3.57. The van der Waals surface area contributed by atoms with Crippen LogP contribution >= 0.6 is 0 Å². The molecule has 0 aliphatic carbocycles. The minimum Gasteiger partial charge on any atom is -0.355 e. The van der Waals surface area contributed by atoms with Crippen molar-refractivity contribution in [1.82, 2.24) is 10.1 Å². The van der Waals surface area contributed by atoms with Crippen LogP contribution in [0.1, 0.15) is 0 Å². The Balaban J connectivity index is 2.48. The molecule has 0 atom stereocenters. The summed E-state index contributed by atoms with van der Waals surface area (Å²) in [7, 11) is 5.49. The van der Waals surface area contributed by atoms with Gasteiger partial charge >= 0.3 is 0 Å². The molecule has 4 heteroatoms. The molecule has 12 heavy (non-hydrogen) atoms. The normalized spacial score (nSPS) is 10.0. The molecule has 2 heterocycles. The SMILES string of the molecule is [B]c1cccc(-c2ccno2)n1. The van der Waals surface area contributed by atoms with Gasteiger partial charge in [-0.1, -0.05) is 17.3 Å². The molecular formula is C8H5BN2O. The Bertz CT molecular complexity index is 372. The lowest BCUT2D eigenvalue weighted by Gasteiger charge is -1.95. The van der Waals surface area contributed by atoms with Crippen molar-refractivity contribution < 1.29 is 4.52 Å². The Kier molecular flexibility index (Phi) is 1.66. The van der Waals surface area contributed by atoms with Gasteiger partial charge in [0, 0.05) is 6.07 Å². The smallest absolute Gasteiger partial charge is 0.185 e. The van der Waals surface area contributed by atoms with Gasteiger partial charge in [-0.05, 0) is 11.7 Å². The highest BCUT2D eigenvalue weighted by Crippen LogP contribution is 2.12. The summed E-state index contributed by atoms with van der Waals surface area (Å²) >= 11 is 0. The van der Waals surface area contributed by atoms with E-state index in [1.807, 2.05) is 12.1 Å². The molecular weight excluding hydrogens is 151 g/mol. The number of aromatic nitrogens is 2. The van der Waals surface area contributed by atoms with Crippen LogP contribution in [0.15, 0.2) is 35.0 Å². The lowest BCUT2D eigenvalue weighted by Crippen LogP contribution is -2.07. The maximum Gasteiger partial charge on any atom is 0.185 e. The fourth-order valence-corrected chi connectivity index (χ4v) is 0.937. The molecule has 56 valence electrons. The second-order valence-electron chi connectivity index (χ2n) is 2.32. The highest BCUT2D eigenvalue weighted by molar-refractivity contribution is 6.30. The fraction of sp³-hybridized carbons (Fsp3) is 0. The van der Waals surface area contributed by atoms with Crippen molar-refractivity contribution in [2.75, 3.05) is 0 Å². The molecule has 0 aliphatic rings. The third kappa shape index (κ3) is 1.23. The molecule has 0 amide bonds. The van der Waals surface area contributed by atoms with Gasteiger partial charge in [-0.3, -0.25) is 4.98 Å². The van der Waals surface area contributed by atoms with Crippen LogP contribution in [0.2, 0.25) is 0 Å². The molecule has 0 spiro atoms. The molecule has 0 saturated carbocycles. The first-order valence-electron chi connectivity index (χ1n) is 3.50. The first-order valence-corrected chi connectivity index (χ1v) is 3.50. The van der Waals surface area contributed by atoms with E-state index in [0.717, 1.165) is 0 Å². The van der Waals surface area contributed by atoms with Gasteiger partial charge in [-0.25, -0.2) is 0 Å². The second-order valence-corrected chi connectivity index (χ2v) is 2.32. The molecule has 0 bridgehead atoms. The molecule has 0 aromatic carbocycles. The number of pyridine rings is 1. The Morgan fingerprint density at radius 3 is 2.83 bits per heavy atom. The van der Waals surface area contributed by atoms with Crippen molar-refractivity contribution in [2.45, 2.75) is 0 Å². The quantitative estimate of drug-likeness (QED) is 0.565. The molecule has 0 fully saturated rings. The summed E-state index contributed by atoms with van der Waals surface area (Å²) in [5.41, 5.74) is 1.18. The van der Waals surface area contributed by atoms with Crippen molar-refractivity contribution in [1.29, 1.82) is 0 Å². The number of hydrogen-bond acceptors (Lipinski definition) is 3. The second kappa shape index (κ2) is 2.81. The van der Waals surface area contributed by atoms with Gasteiger partial charge in [-0.2, -0.15) is 0 Å². The van der Waals surface area contributed by atoms with Gasteiger partial charge in [0.15, 0.2) is 5.76 Å². The van der Waals surface area contributed by atoms with E-state index in [0.29, 0.717) is 17.0 Å². The van der Waals surface area contributed by atoms with Gasteiger partial charge in [0.05, 0.1) is 6.20 Å². The zero-order chi connectivity index (χ0) is 8.39. The van der Waals surface area contributed by atoms with Gasteiger partial charge in [0.2, 0.25) is 0 Å². The van der Waals surface area contributed by atoms with E-state index in [4.69, 9.17) is 12.4 Å². The zero-order valence-corrected chi connectivity index (χ0v) is 6.27. The van der Waals surface area contributed by atoms with Gasteiger partial charge in [0.1, 0.15) is 13.5 Å². The molecule has 0 unspecified atom stereocenters. The van der Waals surface area contributed by atoms with Crippen LogP contribution in [-0.4, -0.2) is 18.0 Å². The van der Waals surface area contributed by atoms with Crippen LogP contribution in [0, 0.1) is 0 Å². The lowest BCUT2D eigenvalue weighted by molar-refractivity contribution is 0.431. The maximum absolute atomic E-state index is 5.49. The van der Waals surface area contributed by atoms with Crippen LogP contribution < -0.4 is 5.59 Å². The molecule has 0 aliphatic heterocycles.